The number of aliphatic hydroxyl groups excluding tert-OH is 1. The first kappa shape index (κ1) is 19.4. The molecule has 0 saturated carbocycles. The van der Waals surface area contributed by atoms with Crippen molar-refractivity contribution in [1.82, 2.24) is 20.4 Å². The van der Waals surface area contributed by atoms with Crippen LogP contribution in [0.1, 0.15) is 29.9 Å². The summed E-state index contributed by atoms with van der Waals surface area (Å²) in [6.45, 7) is 3.98. The maximum atomic E-state index is 10.5. The Morgan fingerprint density at radius 2 is 2.19 bits per heavy atom. The maximum Gasteiger partial charge on any atom is 0.191 e. The summed E-state index contributed by atoms with van der Waals surface area (Å²) in [5.74, 6) is 0.740. The van der Waals surface area contributed by atoms with Crippen molar-refractivity contribution in [2.75, 3.05) is 19.6 Å². The summed E-state index contributed by atoms with van der Waals surface area (Å²) in [4.78, 5) is 5.49. The van der Waals surface area contributed by atoms with Crippen LogP contribution in [0.3, 0.4) is 0 Å². The van der Waals surface area contributed by atoms with E-state index in [-0.39, 0.29) is 0 Å². The van der Waals surface area contributed by atoms with Crippen molar-refractivity contribution in [3.05, 3.63) is 53.2 Å². The highest BCUT2D eigenvalue weighted by molar-refractivity contribution is 7.19. The third-order valence-corrected chi connectivity index (χ3v) is 5.45. The molecule has 27 heavy (non-hydrogen) atoms. The van der Waals surface area contributed by atoms with Gasteiger partial charge in [0.15, 0.2) is 5.96 Å². The predicted octanol–water partition coefficient (Wildman–Crippen LogP) is 2.86. The van der Waals surface area contributed by atoms with Crippen LogP contribution in [0.5, 0.6) is 0 Å². The standard InChI is InChI=1S/C20H27N5OS/c1-3-21-20(22-10-6-7-15-12-24-25(2)14-15)23-13-17(26)19-11-16-8-4-5-9-18(16)27-19/h4-5,8-9,11-12,14,17,26H,3,6-7,10,13H2,1-2H3,(H2,21,22,23). The summed E-state index contributed by atoms with van der Waals surface area (Å²) in [6.07, 6.45) is 5.33. The minimum absolute atomic E-state index is 0.338. The van der Waals surface area contributed by atoms with Gasteiger partial charge in [-0.25, -0.2) is 0 Å². The zero-order chi connectivity index (χ0) is 19.1. The largest absolute Gasteiger partial charge is 0.386 e. The fraction of sp³-hybridized carbons (Fsp3) is 0.400. The minimum Gasteiger partial charge on any atom is -0.386 e. The molecule has 1 aromatic carbocycles. The predicted molar refractivity (Wildman–Crippen MR) is 112 cm³/mol. The monoisotopic (exact) mass is 385 g/mol. The molecule has 7 heteroatoms. The lowest BCUT2D eigenvalue weighted by Gasteiger charge is -2.12. The van der Waals surface area contributed by atoms with Crippen LogP contribution in [0.25, 0.3) is 10.1 Å². The lowest BCUT2D eigenvalue weighted by atomic mass is 10.2. The number of hydrogen-bond acceptors (Lipinski definition) is 4. The maximum absolute atomic E-state index is 10.5. The number of hydrogen-bond donors (Lipinski definition) is 3. The molecule has 144 valence electrons. The number of nitrogens with zero attached hydrogens (tertiary/aromatic N) is 3. The highest BCUT2D eigenvalue weighted by Crippen LogP contribution is 2.29. The van der Waals surface area contributed by atoms with Gasteiger partial charge in [0.25, 0.3) is 0 Å². The summed E-state index contributed by atoms with van der Waals surface area (Å²) in [5, 5.41) is 22.4. The fourth-order valence-corrected chi connectivity index (χ4v) is 3.92. The molecule has 3 aromatic rings. The normalized spacial score (nSPS) is 13.1. The molecule has 3 rings (SSSR count). The van der Waals surface area contributed by atoms with E-state index in [9.17, 15) is 5.11 Å². The van der Waals surface area contributed by atoms with Crippen LogP contribution in [-0.2, 0) is 13.5 Å². The zero-order valence-corrected chi connectivity index (χ0v) is 16.7. The molecular weight excluding hydrogens is 358 g/mol. The Morgan fingerprint density at radius 3 is 2.93 bits per heavy atom. The van der Waals surface area contributed by atoms with E-state index >= 15 is 0 Å². The van der Waals surface area contributed by atoms with Gasteiger partial charge in [0.2, 0.25) is 0 Å². The van der Waals surface area contributed by atoms with E-state index in [1.807, 2.05) is 43.2 Å². The quantitative estimate of drug-likeness (QED) is 0.317. The van der Waals surface area contributed by atoms with Crippen molar-refractivity contribution in [3.8, 4) is 0 Å². The Hall–Kier alpha value is -2.38. The van der Waals surface area contributed by atoms with Gasteiger partial charge in [0, 0.05) is 35.9 Å². The molecule has 1 unspecified atom stereocenters. The lowest BCUT2D eigenvalue weighted by molar-refractivity contribution is 0.191. The van der Waals surface area contributed by atoms with Gasteiger partial charge in [-0.2, -0.15) is 5.10 Å². The number of fused-ring (bicyclic) bond motifs is 1. The molecular formula is C20H27N5OS. The van der Waals surface area contributed by atoms with E-state index in [4.69, 9.17) is 0 Å². The third-order valence-electron chi connectivity index (χ3n) is 4.23. The van der Waals surface area contributed by atoms with Crippen LogP contribution in [-0.4, -0.2) is 40.5 Å². The van der Waals surface area contributed by atoms with Gasteiger partial charge >= 0.3 is 0 Å². The highest BCUT2D eigenvalue weighted by Gasteiger charge is 2.11. The number of aliphatic hydroxyl groups is 1. The van der Waals surface area contributed by atoms with Crippen molar-refractivity contribution < 1.29 is 5.11 Å². The Balaban J connectivity index is 1.51. The molecule has 0 bridgehead atoms. The first-order chi connectivity index (χ1) is 13.2. The van der Waals surface area contributed by atoms with E-state index in [1.165, 1.54) is 15.6 Å². The summed E-state index contributed by atoms with van der Waals surface area (Å²) in [5.41, 5.74) is 1.24. The summed E-state index contributed by atoms with van der Waals surface area (Å²) >= 11 is 1.62. The smallest absolute Gasteiger partial charge is 0.191 e. The van der Waals surface area contributed by atoms with Crippen molar-refractivity contribution in [1.29, 1.82) is 0 Å². The Labute approximate surface area is 163 Å². The van der Waals surface area contributed by atoms with Gasteiger partial charge < -0.3 is 15.7 Å². The highest BCUT2D eigenvalue weighted by atomic mass is 32.1. The third kappa shape index (κ3) is 5.55. The van der Waals surface area contributed by atoms with E-state index in [0.717, 1.165) is 36.8 Å². The van der Waals surface area contributed by atoms with Crippen LogP contribution in [0.4, 0.5) is 0 Å². The molecule has 2 aromatic heterocycles. The van der Waals surface area contributed by atoms with Crippen LogP contribution in [0, 0.1) is 0 Å². The van der Waals surface area contributed by atoms with Gasteiger partial charge in [0.05, 0.1) is 12.7 Å². The van der Waals surface area contributed by atoms with Gasteiger partial charge in [0.1, 0.15) is 6.10 Å². The Kier molecular flexibility index (Phi) is 6.84. The summed E-state index contributed by atoms with van der Waals surface area (Å²) in [6, 6.07) is 10.2. The number of nitrogens with one attached hydrogen (secondary N) is 2. The van der Waals surface area contributed by atoms with E-state index in [2.05, 4.69) is 38.9 Å². The molecule has 0 aliphatic carbocycles. The van der Waals surface area contributed by atoms with E-state index in [1.54, 1.807) is 11.3 Å². The van der Waals surface area contributed by atoms with Gasteiger partial charge in [-0.3, -0.25) is 9.67 Å². The second-order valence-corrected chi connectivity index (χ2v) is 7.59. The van der Waals surface area contributed by atoms with Crippen molar-refractivity contribution >= 4 is 27.4 Å². The molecule has 0 aliphatic rings. The number of aromatic nitrogens is 2. The minimum atomic E-state index is -0.590. The average Bonchev–Trinajstić information content (AvgIpc) is 3.28. The van der Waals surface area contributed by atoms with Gasteiger partial charge in [-0.15, -0.1) is 11.3 Å². The first-order valence-electron chi connectivity index (χ1n) is 9.32. The Morgan fingerprint density at radius 1 is 1.33 bits per heavy atom. The van der Waals surface area contributed by atoms with Gasteiger partial charge in [-0.05, 0) is 42.8 Å². The lowest BCUT2D eigenvalue weighted by Crippen LogP contribution is -2.38. The van der Waals surface area contributed by atoms with Crippen molar-refractivity contribution in [2.45, 2.75) is 25.9 Å². The molecule has 0 spiro atoms. The molecule has 2 heterocycles. The van der Waals surface area contributed by atoms with Crippen LogP contribution in [0.2, 0.25) is 0 Å². The van der Waals surface area contributed by atoms with Crippen LogP contribution >= 0.6 is 11.3 Å². The number of aliphatic imine (C=N–C) groups is 1. The molecule has 0 radical (unpaired) electrons. The number of benzene rings is 1. The zero-order valence-electron chi connectivity index (χ0n) is 15.9. The molecule has 3 N–H and O–H groups in total. The molecule has 0 fully saturated rings. The SMILES string of the molecule is CCNC(=NCC(O)c1cc2ccccc2s1)NCCCc1cnn(C)c1. The average molecular weight is 386 g/mol. The second kappa shape index (κ2) is 9.53. The number of guanidine groups is 1. The number of thiophene rings is 1. The van der Waals surface area contributed by atoms with Crippen molar-refractivity contribution in [2.24, 2.45) is 12.0 Å². The fourth-order valence-electron chi connectivity index (χ4n) is 2.88. The van der Waals surface area contributed by atoms with Crippen LogP contribution < -0.4 is 10.6 Å². The molecule has 0 saturated heterocycles. The second-order valence-electron chi connectivity index (χ2n) is 6.47. The summed E-state index contributed by atoms with van der Waals surface area (Å²) < 4.78 is 3.01. The van der Waals surface area contributed by atoms with Crippen LogP contribution in [0.15, 0.2) is 47.7 Å². The molecule has 1 atom stereocenters. The molecule has 6 nitrogen and oxygen atoms in total. The van der Waals surface area contributed by atoms with Gasteiger partial charge in [-0.1, -0.05) is 18.2 Å². The van der Waals surface area contributed by atoms with E-state index in [0.29, 0.717) is 6.54 Å². The Bertz CT molecular complexity index is 852. The first-order valence-corrected chi connectivity index (χ1v) is 10.1. The summed E-state index contributed by atoms with van der Waals surface area (Å²) in [7, 11) is 1.93. The van der Waals surface area contributed by atoms with E-state index < -0.39 is 6.10 Å². The topological polar surface area (TPSA) is 74.5 Å². The molecule has 0 amide bonds. The number of aryl methyl sites for hydroxylation is 2. The molecule has 0 aliphatic heterocycles. The van der Waals surface area contributed by atoms with Crippen molar-refractivity contribution in [3.63, 3.8) is 0 Å². The number of rotatable bonds is 8.